The predicted octanol–water partition coefficient (Wildman–Crippen LogP) is 4.85. The highest BCUT2D eigenvalue weighted by molar-refractivity contribution is 9.10. The lowest BCUT2D eigenvalue weighted by Crippen LogP contribution is -2.44. The van der Waals surface area contributed by atoms with Crippen LogP contribution in [0.1, 0.15) is 28.6 Å². The maximum absolute atomic E-state index is 12.6. The first-order valence-electron chi connectivity index (χ1n) is 8.04. The van der Waals surface area contributed by atoms with Crippen molar-refractivity contribution in [2.75, 3.05) is 6.61 Å². The number of carbonyl (C=O) groups excluding carboxylic acids is 2. The Morgan fingerprint density at radius 2 is 2.22 bits per heavy atom. The molecule has 2 aromatic rings. The quantitative estimate of drug-likeness (QED) is 0.471. The fourth-order valence-electron chi connectivity index (χ4n) is 2.22. The van der Waals surface area contributed by atoms with Gasteiger partial charge >= 0.3 is 0 Å². The van der Waals surface area contributed by atoms with Gasteiger partial charge in [0.05, 0.1) is 20.9 Å². The normalized spacial score (nSPS) is 15.5. The molecule has 0 bridgehead atoms. The zero-order chi connectivity index (χ0) is 19.4. The molecule has 1 aromatic heterocycles. The number of carbonyl (C=O) groups is 2. The van der Waals surface area contributed by atoms with Crippen molar-refractivity contribution >= 4 is 73.5 Å². The zero-order valence-electron chi connectivity index (χ0n) is 14.2. The molecule has 1 aromatic carbocycles. The van der Waals surface area contributed by atoms with Crippen molar-refractivity contribution in [1.82, 2.24) is 10.4 Å². The van der Waals surface area contributed by atoms with E-state index in [2.05, 4.69) is 21.4 Å². The molecule has 1 aliphatic rings. The van der Waals surface area contributed by atoms with Crippen molar-refractivity contribution < 1.29 is 14.3 Å². The number of thiophene rings is 1. The topological polar surface area (TPSA) is 58.6 Å². The van der Waals surface area contributed by atoms with Gasteiger partial charge in [0.1, 0.15) is 5.75 Å². The van der Waals surface area contributed by atoms with Crippen LogP contribution in [0, 0.1) is 0 Å². The number of hydrogen-bond acceptors (Lipinski definition) is 6. The molecule has 0 saturated carbocycles. The summed E-state index contributed by atoms with van der Waals surface area (Å²) in [5, 5.41) is 2.91. The first-order valence-corrected chi connectivity index (χ1v) is 10.9. The highest BCUT2D eigenvalue weighted by Crippen LogP contribution is 2.33. The Hall–Kier alpha value is -1.68. The Bertz CT molecular complexity index is 913. The van der Waals surface area contributed by atoms with Crippen LogP contribution >= 0.6 is 51.2 Å². The van der Waals surface area contributed by atoms with Gasteiger partial charge in [-0.2, -0.15) is 5.01 Å². The molecule has 9 heteroatoms. The van der Waals surface area contributed by atoms with E-state index in [1.54, 1.807) is 23.6 Å². The van der Waals surface area contributed by atoms with Gasteiger partial charge in [-0.25, -0.2) is 0 Å². The number of hydrazine groups is 1. The van der Waals surface area contributed by atoms with Gasteiger partial charge in [0.15, 0.2) is 4.32 Å². The van der Waals surface area contributed by atoms with Crippen molar-refractivity contribution in [3.8, 4) is 5.75 Å². The number of nitrogens with one attached hydrogen (secondary N) is 1. The van der Waals surface area contributed by atoms with Crippen LogP contribution in [0.4, 0.5) is 0 Å². The maximum Gasteiger partial charge on any atom is 0.285 e. The molecule has 0 unspecified atom stereocenters. The number of nitrogens with zero attached hydrogens (tertiary/aromatic N) is 1. The maximum atomic E-state index is 12.6. The first kappa shape index (κ1) is 20.1. The van der Waals surface area contributed by atoms with Gasteiger partial charge in [0.2, 0.25) is 0 Å². The molecule has 0 atom stereocenters. The molecule has 1 aliphatic heterocycles. The van der Waals surface area contributed by atoms with E-state index < -0.39 is 0 Å². The average molecular weight is 483 g/mol. The standard InChI is InChI=1S/C18H15BrN2O3S3/c1-2-7-24-13-6-5-11(9-12(13)19)10-15-17(23)21(18(25)27-15)20-16(22)14-4-3-8-26-14/h3-6,8-10H,2,7H2,1H3,(H,20,22)/b15-10-. The number of amides is 2. The molecule has 5 nitrogen and oxygen atoms in total. The van der Waals surface area contributed by atoms with Gasteiger partial charge in [0.25, 0.3) is 11.8 Å². The number of thiocarbonyl (C=S) groups is 1. The van der Waals surface area contributed by atoms with Gasteiger partial charge in [-0.3, -0.25) is 15.0 Å². The summed E-state index contributed by atoms with van der Waals surface area (Å²) >= 11 is 11.2. The number of hydrogen-bond donors (Lipinski definition) is 1. The summed E-state index contributed by atoms with van der Waals surface area (Å²) in [4.78, 5) is 25.8. The number of thioether (sulfide) groups is 1. The van der Waals surface area contributed by atoms with E-state index >= 15 is 0 Å². The van der Waals surface area contributed by atoms with Crippen molar-refractivity contribution in [3.05, 3.63) is 55.5 Å². The van der Waals surface area contributed by atoms with Crippen LogP contribution in [0.5, 0.6) is 5.75 Å². The molecule has 140 valence electrons. The van der Waals surface area contributed by atoms with Crippen LogP contribution in [0.15, 0.2) is 45.1 Å². The van der Waals surface area contributed by atoms with Gasteiger partial charge in [-0.1, -0.05) is 30.8 Å². The predicted molar refractivity (Wildman–Crippen MR) is 117 cm³/mol. The van der Waals surface area contributed by atoms with Gasteiger partial charge in [-0.15, -0.1) is 11.3 Å². The lowest BCUT2D eigenvalue weighted by molar-refractivity contribution is -0.123. The van der Waals surface area contributed by atoms with Crippen molar-refractivity contribution in [2.45, 2.75) is 13.3 Å². The second kappa shape index (κ2) is 9.01. The molecule has 27 heavy (non-hydrogen) atoms. The minimum atomic E-state index is -0.359. The highest BCUT2D eigenvalue weighted by Gasteiger charge is 2.33. The Labute approximate surface area is 178 Å². The molecule has 0 radical (unpaired) electrons. The Balaban J connectivity index is 1.74. The summed E-state index contributed by atoms with van der Waals surface area (Å²) in [5.41, 5.74) is 3.39. The van der Waals surface area contributed by atoms with Gasteiger partial charge in [-0.05, 0) is 69.8 Å². The Kier molecular flexibility index (Phi) is 6.69. The summed E-state index contributed by atoms with van der Waals surface area (Å²) in [6.45, 7) is 2.68. The third kappa shape index (κ3) is 4.78. The monoisotopic (exact) mass is 482 g/mol. The average Bonchev–Trinajstić information content (AvgIpc) is 3.26. The number of benzene rings is 1. The molecular formula is C18H15BrN2O3S3. The van der Waals surface area contributed by atoms with Crippen molar-refractivity contribution in [2.24, 2.45) is 0 Å². The molecule has 2 amide bonds. The molecule has 2 heterocycles. The number of ether oxygens (including phenoxy) is 1. The van der Waals surface area contributed by atoms with Crippen LogP contribution in [0.2, 0.25) is 0 Å². The van der Waals surface area contributed by atoms with Crippen LogP contribution < -0.4 is 10.2 Å². The second-order valence-corrected chi connectivity index (χ2v) is 8.95. The van der Waals surface area contributed by atoms with E-state index in [4.69, 9.17) is 17.0 Å². The third-order valence-electron chi connectivity index (χ3n) is 3.47. The summed E-state index contributed by atoms with van der Waals surface area (Å²) in [6, 6.07) is 9.06. The summed E-state index contributed by atoms with van der Waals surface area (Å²) in [6.07, 6.45) is 2.67. The van der Waals surface area contributed by atoms with E-state index in [1.165, 1.54) is 11.3 Å². The lowest BCUT2D eigenvalue weighted by Gasteiger charge is -2.14. The Morgan fingerprint density at radius 1 is 1.41 bits per heavy atom. The van der Waals surface area contributed by atoms with Gasteiger partial charge in [0, 0.05) is 0 Å². The zero-order valence-corrected chi connectivity index (χ0v) is 18.3. The van der Waals surface area contributed by atoms with E-state index in [0.717, 1.165) is 39.0 Å². The summed E-state index contributed by atoms with van der Waals surface area (Å²) in [5.74, 6) is 0.0461. The fourth-order valence-corrected chi connectivity index (χ4v) is 4.52. The van der Waals surface area contributed by atoms with Crippen LogP contribution in [-0.4, -0.2) is 27.8 Å². The van der Waals surface area contributed by atoms with Gasteiger partial charge < -0.3 is 4.74 Å². The van der Waals surface area contributed by atoms with Crippen molar-refractivity contribution in [1.29, 1.82) is 0 Å². The largest absolute Gasteiger partial charge is 0.492 e. The second-order valence-electron chi connectivity index (χ2n) is 5.47. The van der Waals surface area contributed by atoms with E-state index in [9.17, 15) is 9.59 Å². The van der Waals surface area contributed by atoms with Crippen molar-refractivity contribution in [3.63, 3.8) is 0 Å². The molecule has 1 N–H and O–H groups in total. The summed E-state index contributed by atoms with van der Waals surface area (Å²) in [7, 11) is 0. The molecular weight excluding hydrogens is 468 g/mol. The molecule has 0 spiro atoms. The fraction of sp³-hybridized carbons (Fsp3) is 0.167. The molecule has 3 rings (SSSR count). The van der Waals surface area contributed by atoms with Crippen LogP contribution in [0.3, 0.4) is 0 Å². The third-order valence-corrected chi connectivity index (χ3v) is 6.26. The molecule has 1 saturated heterocycles. The first-order chi connectivity index (χ1) is 13.0. The molecule has 1 fully saturated rings. The van der Waals surface area contributed by atoms with E-state index in [0.29, 0.717) is 16.4 Å². The van der Waals surface area contributed by atoms with E-state index in [1.807, 2.05) is 25.1 Å². The smallest absolute Gasteiger partial charge is 0.285 e. The number of halogens is 1. The van der Waals surface area contributed by atoms with Crippen LogP contribution in [-0.2, 0) is 4.79 Å². The SMILES string of the molecule is CCCOc1ccc(/C=C2\SC(=S)N(NC(=O)c3cccs3)C2=O)cc1Br. The molecule has 0 aliphatic carbocycles. The Morgan fingerprint density at radius 3 is 2.89 bits per heavy atom. The summed E-state index contributed by atoms with van der Waals surface area (Å²) < 4.78 is 6.73. The minimum Gasteiger partial charge on any atom is -0.492 e. The van der Waals surface area contributed by atoms with Crippen LogP contribution in [0.25, 0.3) is 6.08 Å². The van der Waals surface area contributed by atoms with E-state index in [-0.39, 0.29) is 16.1 Å². The highest BCUT2D eigenvalue weighted by atomic mass is 79.9. The number of rotatable bonds is 6. The lowest BCUT2D eigenvalue weighted by atomic mass is 10.2. The minimum absolute atomic E-state index is 0.290.